The van der Waals surface area contributed by atoms with Gasteiger partial charge in [0.05, 0.1) is 0 Å². The molecule has 1 unspecified atom stereocenters. The van der Waals surface area contributed by atoms with E-state index < -0.39 is 16.3 Å². The Morgan fingerprint density at radius 2 is 2.11 bits per heavy atom. The van der Waals surface area contributed by atoms with Crippen LogP contribution >= 0.6 is 0 Å². The Morgan fingerprint density at radius 3 is 2.67 bits per heavy atom. The van der Waals surface area contributed by atoms with E-state index in [0.29, 0.717) is 5.75 Å². The Bertz CT molecular complexity index is 453. The molecule has 0 bridgehead atoms. The molecule has 0 aliphatic heterocycles. The third kappa shape index (κ3) is 5.93. The Kier molecular flexibility index (Phi) is 5.04. The molecule has 0 fully saturated rings. The van der Waals surface area contributed by atoms with E-state index in [0.717, 1.165) is 11.3 Å². The zero-order valence-electron chi connectivity index (χ0n) is 11.0. The van der Waals surface area contributed by atoms with Crippen molar-refractivity contribution in [1.29, 1.82) is 0 Å². The van der Waals surface area contributed by atoms with Crippen molar-refractivity contribution in [2.24, 2.45) is 5.73 Å². The second-order valence-corrected chi connectivity index (χ2v) is 6.59. The van der Waals surface area contributed by atoms with Gasteiger partial charge in [-0.1, -0.05) is 12.1 Å². The second-order valence-electron chi connectivity index (χ2n) is 5.13. The molecule has 18 heavy (non-hydrogen) atoms. The van der Waals surface area contributed by atoms with Gasteiger partial charge in [-0.25, -0.2) is 0 Å². The monoisotopic (exact) mass is 268 g/mol. The van der Waals surface area contributed by atoms with Gasteiger partial charge in [0, 0.05) is 27.8 Å². The number of hydrogen-bond acceptors (Lipinski definition) is 3. The number of anilines is 1. The predicted octanol–water partition coefficient (Wildman–Crippen LogP) is 1.42. The van der Waals surface area contributed by atoms with E-state index in [-0.39, 0.29) is 11.7 Å². The summed E-state index contributed by atoms with van der Waals surface area (Å²) in [5.74, 6) is 0.0474. The van der Waals surface area contributed by atoms with E-state index in [4.69, 9.17) is 5.73 Å². The lowest BCUT2D eigenvalue weighted by Crippen LogP contribution is -2.39. The van der Waals surface area contributed by atoms with Gasteiger partial charge in [0.1, 0.15) is 5.75 Å². The first-order valence-corrected chi connectivity index (χ1v) is 7.25. The first kappa shape index (κ1) is 14.9. The summed E-state index contributed by atoms with van der Waals surface area (Å²) in [5, 5.41) is 2.73. The van der Waals surface area contributed by atoms with Gasteiger partial charge in [0.15, 0.2) is 0 Å². The van der Waals surface area contributed by atoms with Crippen molar-refractivity contribution in [3.63, 3.8) is 0 Å². The van der Waals surface area contributed by atoms with Crippen molar-refractivity contribution in [3.05, 3.63) is 29.8 Å². The highest BCUT2D eigenvalue weighted by atomic mass is 32.2. The van der Waals surface area contributed by atoms with E-state index in [1.807, 2.05) is 25.1 Å². The van der Waals surface area contributed by atoms with E-state index >= 15 is 0 Å². The van der Waals surface area contributed by atoms with Gasteiger partial charge >= 0.3 is 0 Å². The summed E-state index contributed by atoms with van der Waals surface area (Å²) in [6.07, 6.45) is 0. The minimum absolute atomic E-state index is 0.0193. The summed E-state index contributed by atoms with van der Waals surface area (Å²) < 4.78 is 11.7. The van der Waals surface area contributed by atoms with Crippen molar-refractivity contribution in [1.82, 2.24) is 0 Å². The molecule has 0 aliphatic carbocycles. The number of benzene rings is 1. The molecule has 1 rings (SSSR count). The Hall–Kier alpha value is -1.20. The van der Waals surface area contributed by atoms with Crippen molar-refractivity contribution in [3.8, 4) is 0 Å². The quantitative estimate of drug-likeness (QED) is 0.848. The van der Waals surface area contributed by atoms with Crippen LogP contribution in [0, 0.1) is 6.92 Å². The number of nitrogens with two attached hydrogens (primary N) is 1. The molecule has 1 atom stereocenters. The maximum Gasteiger partial charge on any atom is 0.236 e. The van der Waals surface area contributed by atoms with E-state index in [1.165, 1.54) is 0 Å². The van der Waals surface area contributed by atoms with Crippen LogP contribution in [-0.4, -0.2) is 27.2 Å². The lowest BCUT2D eigenvalue weighted by atomic mass is 10.1. The molecule has 0 saturated heterocycles. The summed E-state index contributed by atoms with van der Waals surface area (Å²) in [6.45, 7) is 5.54. The molecule has 0 aliphatic rings. The fourth-order valence-electron chi connectivity index (χ4n) is 1.53. The highest BCUT2D eigenvalue weighted by molar-refractivity contribution is 7.85. The topological polar surface area (TPSA) is 72.2 Å². The van der Waals surface area contributed by atoms with Gasteiger partial charge < -0.3 is 11.1 Å². The number of amides is 1. The van der Waals surface area contributed by atoms with Crippen LogP contribution in [0.25, 0.3) is 0 Å². The molecule has 0 aromatic heterocycles. The minimum atomic E-state index is -1.24. The summed E-state index contributed by atoms with van der Waals surface area (Å²) in [5.41, 5.74) is 7.03. The SMILES string of the molecule is Cc1cccc(NC(=O)CS(=O)CC(C)(C)N)c1. The summed E-state index contributed by atoms with van der Waals surface area (Å²) in [4.78, 5) is 11.7. The summed E-state index contributed by atoms with van der Waals surface area (Å²) in [6, 6.07) is 7.49. The van der Waals surface area contributed by atoms with Crippen molar-refractivity contribution in [2.75, 3.05) is 16.8 Å². The van der Waals surface area contributed by atoms with Crippen LogP contribution in [0.2, 0.25) is 0 Å². The molecule has 100 valence electrons. The van der Waals surface area contributed by atoms with Crippen LogP contribution in [-0.2, 0) is 15.6 Å². The zero-order valence-corrected chi connectivity index (χ0v) is 11.8. The van der Waals surface area contributed by atoms with Crippen LogP contribution < -0.4 is 11.1 Å². The van der Waals surface area contributed by atoms with Crippen molar-refractivity contribution < 1.29 is 9.00 Å². The Labute approximate surface area is 110 Å². The number of aryl methyl sites for hydroxylation is 1. The number of carbonyl (C=O) groups is 1. The normalized spacial score (nSPS) is 13.1. The standard InChI is InChI=1S/C13H20N2O2S/c1-10-5-4-6-11(7-10)15-12(16)8-18(17)9-13(2,3)14/h4-7H,8-9,14H2,1-3H3,(H,15,16). The van der Waals surface area contributed by atoms with Gasteiger partial charge in [-0.05, 0) is 38.5 Å². The number of hydrogen-bond donors (Lipinski definition) is 2. The smallest absolute Gasteiger partial charge is 0.236 e. The molecule has 0 radical (unpaired) electrons. The molecule has 0 saturated carbocycles. The van der Waals surface area contributed by atoms with E-state index in [1.54, 1.807) is 19.9 Å². The first-order valence-electron chi connectivity index (χ1n) is 5.77. The highest BCUT2D eigenvalue weighted by Gasteiger charge is 2.17. The van der Waals surface area contributed by atoms with Gasteiger partial charge in [-0.3, -0.25) is 9.00 Å². The fourth-order valence-corrected chi connectivity index (χ4v) is 2.83. The minimum Gasteiger partial charge on any atom is -0.325 e. The average molecular weight is 268 g/mol. The molecular weight excluding hydrogens is 248 g/mol. The Morgan fingerprint density at radius 1 is 1.44 bits per heavy atom. The third-order valence-electron chi connectivity index (χ3n) is 2.13. The third-order valence-corrected chi connectivity index (χ3v) is 3.78. The molecule has 1 aromatic rings. The largest absolute Gasteiger partial charge is 0.325 e. The lowest BCUT2D eigenvalue weighted by Gasteiger charge is -2.17. The molecule has 3 N–H and O–H groups in total. The van der Waals surface area contributed by atoms with Gasteiger partial charge in [-0.15, -0.1) is 0 Å². The number of rotatable bonds is 5. The van der Waals surface area contributed by atoms with Crippen molar-refractivity contribution >= 4 is 22.4 Å². The molecule has 1 aromatic carbocycles. The second kappa shape index (κ2) is 6.11. The van der Waals surface area contributed by atoms with Crippen LogP contribution in [0.5, 0.6) is 0 Å². The maximum absolute atomic E-state index is 11.7. The first-order chi connectivity index (χ1) is 8.26. The van der Waals surface area contributed by atoms with Crippen molar-refractivity contribution in [2.45, 2.75) is 26.3 Å². The molecule has 0 heterocycles. The summed E-state index contributed by atoms with van der Waals surface area (Å²) in [7, 11) is -1.24. The van der Waals surface area contributed by atoms with Gasteiger partial charge in [-0.2, -0.15) is 0 Å². The molecule has 1 amide bonds. The van der Waals surface area contributed by atoms with Gasteiger partial charge in [0.25, 0.3) is 0 Å². The van der Waals surface area contributed by atoms with Crippen LogP contribution in [0.3, 0.4) is 0 Å². The average Bonchev–Trinajstić information content (AvgIpc) is 2.13. The molecule has 4 nitrogen and oxygen atoms in total. The Balaban J connectivity index is 2.50. The van der Waals surface area contributed by atoms with E-state index in [2.05, 4.69) is 5.32 Å². The maximum atomic E-state index is 11.7. The molecule has 5 heteroatoms. The van der Waals surface area contributed by atoms with Crippen LogP contribution in [0.1, 0.15) is 19.4 Å². The zero-order chi connectivity index (χ0) is 13.8. The van der Waals surface area contributed by atoms with Crippen LogP contribution in [0.4, 0.5) is 5.69 Å². The summed E-state index contributed by atoms with van der Waals surface area (Å²) >= 11 is 0. The highest BCUT2D eigenvalue weighted by Crippen LogP contribution is 2.09. The number of nitrogens with one attached hydrogen (secondary N) is 1. The number of carbonyl (C=O) groups excluding carboxylic acids is 1. The fraction of sp³-hybridized carbons (Fsp3) is 0.462. The lowest BCUT2D eigenvalue weighted by molar-refractivity contribution is -0.113. The molecular formula is C13H20N2O2S. The van der Waals surface area contributed by atoms with E-state index in [9.17, 15) is 9.00 Å². The van der Waals surface area contributed by atoms with Crippen LogP contribution in [0.15, 0.2) is 24.3 Å². The molecule has 0 spiro atoms. The predicted molar refractivity (Wildman–Crippen MR) is 76.0 cm³/mol. The van der Waals surface area contributed by atoms with Gasteiger partial charge in [0.2, 0.25) is 5.91 Å².